The number of likely N-dealkylation sites (tertiary alicyclic amines) is 2. The van der Waals surface area contributed by atoms with Crippen molar-refractivity contribution in [1.82, 2.24) is 9.80 Å². The molecule has 4 N–H and O–H groups in total. The van der Waals surface area contributed by atoms with Gasteiger partial charge in [-0.1, -0.05) is 60.7 Å². The second-order valence-corrected chi connectivity index (χ2v) is 9.83. The molecule has 4 atom stereocenters. The normalized spacial score (nSPS) is 23.6. The van der Waals surface area contributed by atoms with Crippen molar-refractivity contribution in [2.45, 2.75) is 50.4 Å². The van der Waals surface area contributed by atoms with Gasteiger partial charge in [0.2, 0.25) is 0 Å². The van der Waals surface area contributed by atoms with E-state index < -0.39 is 36.3 Å². The van der Waals surface area contributed by atoms with E-state index in [1.54, 1.807) is 9.80 Å². The molecule has 2 saturated heterocycles. The van der Waals surface area contributed by atoms with Crippen molar-refractivity contribution < 1.29 is 26.3 Å². The van der Waals surface area contributed by atoms with E-state index in [4.69, 9.17) is 11.5 Å². The van der Waals surface area contributed by atoms with E-state index in [-0.39, 0.29) is 75.6 Å². The van der Waals surface area contributed by atoms with Crippen molar-refractivity contribution >= 4 is 49.6 Å². The minimum Gasteiger partial charge on any atom is -0.327 e. The highest BCUT2D eigenvalue weighted by Crippen LogP contribution is 2.34. The summed E-state index contributed by atoms with van der Waals surface area (Å²) < 4.78 is 76.5. The molecule has 232 valence electrons. The third kappa shape index (κ3) is 13.8. The minimum atomic E-state index is -4.15. The van der Waals surface area contributed by atoms with Crippen molar-refractivity contribution in [3.63, 3.8) is 0 Å². The number of rotatable bonds is 4. The zero-order chi connectivity index (χ0) is 26.3. The number of halogens is 10. The van der Waals surface area contributed by atoms with Crippen molar-refractivity contribution in [2.75, 3.05) is 26.2 Å². The maximum Gasteiger partial charge on any atom is 0.393 e. The molecule has 14 heteroatoms. The molecule has 2 fully saturated rings. The van der Waals surface area contributed by atoms with Gasteiger partial charge in [0, 0.05) is 51.4 Å². The van der Waals surface area contributed by atoms with Crippen LogP contribution in [0.3, 0.4) is 0 Å². The smallest absolute Gasteiger partial charge is 0.327 e. The number of hydrogen-bond acceptors (Lipinski definition) is 4. The Morgan fingerprint density at radius 1 is 0.550 bits per heavy atom. The Hall–Kier alpha value is -0.980. The zero-order valence-electron chi connectivity index (χ0n) is 21.7. The Morgan fingerprint density at radius 3 is 1.12 bits per heavy atom. The second kappa shape index (κ2) is 18.5. The summed E-state index contributed by atoms with van der Waals surface area (Å²) in [6.45, 7) is 2.21. The number of piperidine rings is 2. The molecule has 2 aliphatic rings. The summed E-state index contributed by atoms with van der Waals surface area (Å²) in [4.78, 5) is 3.59. The average Bonchev–Trinajstić information content (AvgIpc) is 2.79. The molecule has 2 aromatic carbocycles. The van der Waals surface area contributed by atoms with Crippen LogP contribution in [0.1, 0.15) is 24.0 Å². The van der Waals surface area contributed by atoms with E-state index in [2.05, 4.69) is 0 Å². The quantitative estimate of drug-likeness (QED) is 0.368. The van der Waals surface area contributed by atoms with Crippen LogP contribution in [0.4, 0.5) is 26.3 Å². The van der Waals surface area contributed by atoms with E-state index in [1.807, 2.05) is 60.7 Å². The highest BCUT2D eigenvalue weighted by Gasteiger charge is 2.44. The fourth-order valence-electron chi connectivity index (χ4n) is 4.88. The van der Waals surface area contributed by atoms with Crippen LogP contribution in [0, 0.1) is 11.8 Å². The molecule has 2 aromatic rings. The van der Waals surface area contributed by atoms with Crippen molar-refractivity contribution in [3.8, 4) is 0 Å². The van der Waals surface area contributed by atoms with Crippen LogP contribution >= 0.6 is 49.6 Å². The van der Waals surface area contributed by atoms with Gasteiger partial charge in [-0.15, -0.1) is 49.6 Å². The van der Waals surface area contributed by atoms with Gasteiger partial charge in [0.25, 0.3) is 0 Å². The van der Waals surface area contributed by atoms with Crippen LogP contribution in [0.2, 0.25) is 0 Å². The summed E-state index contributed by atoms with van der Waals surface area (Å²) in [5.41, 5.74) is 13.5. The van der Waals surface area contributed by atoms with Crippen LogP contribution < -0.4 is 11.5 Å². The lowest BCUT2D eigenvalue weighted by Gasteiger charge is -2.37. The summed E-state index contributed by atoms with van der Waals surface area (Å²) in [6.07, 6.45) is -8.22. The third-order valence-electron chi connectivity index (χ3n) is 6.54. The van der Waals surface area contributed by atoms with Gasteiger partial charge in [-0.25, -0.2) is 0 Å². The Labute approximate surface area is 256 Å². The Morgan fingerprint density at radius 2 is 0.850 bits per heavy atom. The molecule has 40 heavy (non-hydrogen) atoms. The number of nitrogens with zero attached hydrogens (tertiary/aromatic N) is 2. The monoisotopic (exact) mass is 660 g/mol. The lowest BCUT2D eigenvalue weighted by atomic mass is 9.94. The number of benzene rings is 2. The molecule has 0 unspecified atom stereocenters. The summed E-state index contributed by atoms with van der Waals surface area (Å²) >= 11 is 0. The first-order valence-electron chi connectivity index (χ1n) is 12.1. The first kappa shape index (κ1) is 41.2. The largest absolute Gasteiger partial charge is 0.393 e. The van der Waals surface area contributed by atoms with Crippen LogP contribution in [0.25, 0.3) is 0 Å². The Bertz CT molecular complexity index is 849. The average molecular weight is 662 g/mol. The van der Waals surface area contributed by atoms with Crippen molar-refractivity contribution in [2.24, 2.45) is 23.3 Å². The highest BCUT2D eigenvalue weighted by molar-refractivity contribution is 5.86. The Kier molecular flexibility index (Phi) is 19.1. The topological polar surface area (TPSA) is 58.5 Å². The molecule has 0 aromatic heterocycles. The molecule has 2 aliphatic heterocycles. The van der Waals surface area contributed by atoms with Crippen LogP contribution in [0.5, 0.6) is 0 Å². The van der Waals surface area contributed by atoms with E-state index in [1.165, 1.54) is 0 Å². The number of nitrogens with two attached hydrogens (primary N) is 2. The van der Waals surface area contributed by atoms with E-state index >= 15 is 0 Å². The predicted molar refractivity (Wildman–Crippen MR) is 157 cm³/mol. The summed E-state index contributed by atoms with van der Waals surface area (Å²) in [6, 6.07) is 18.2. The number of alkyl halides is 6. The summed E-state index contributed by atoms with van der Waals surface area (Å²) in [7, 11) is 0. The van der Waals surface area contributed by atoms with Gasteiger partial charge in [-0.2, -0.15) is 26.3 Å². The van der Waals surface area contributed by atoms with E-state index in [9.17, 15) is 26.3 Å². The molecule has 0 bridgehead atoms. The molecule has 0 radical (unpaired) electrons. The van der Waals surface area contributed by atoms with Crippen LogP contribution in [-0.2, 0) is 13.1 Å². The summed E-state index contributed by atoms with van der Waals surface area (Å²) in [5, 5.41) is 0. The first-order valence-corrected chi connectivity index (χ1v) is 12.1. The van der Waals surface area contributed by atoms with Crippen LogP contribution in [-0.4, -0.2) is 60.4 Å². The summed E-state index contributed by atoms with van der Waals surface area (Å²) in [5.74, 6) is -2.60. The standard InChI is InChI=1S/2C13H17F3N2.4ClH/c2*14-13(15,16)11-6-12(17)9-18(8-11)7-10-4-2-1-3-5-10;;;;/h2*1-5,11-12H,6-9,17H2;4*1H/t2*11-,12-;;;;/m10..../s1. The van der Waals surface area contributed by atoms with Gasteiger partial charge in [0.05, 0.1) is 11.8 Å². The van der Waals surface area contributed by atoms with Gasteiger partial charge in [-0.3, -0.25) is 9.80 Å². The lowest BCUT2D eigenvalue weighted by molar-refractivity contribution is -0.189. The van der Waals surface area contributed by atoms with Gasteiger partial charge in [0.1, 0.15) is 0 Å². The van der Waals surface area contributed by atoms with Crippen LogP contribution in [0.15, 0.2) is 60.7 Å². The Balaban J connectivity index is 0. The molecule has 0 saturated carbocycles. The minimum absolute atomic E-state index is 0. The fraction of sp³-hybridized carbons (Fsp3) is 0.538. The van der Waals surface area contributed by atoms with Gasteiger partial charge in [0.15, 0.2) is 0 Å². The molecule has 4 nitrogen and oxygen atoms in total. The molecule has 0 aliphatic carbocycles. The highest BCUT2D eigenvalue weighted by atomic mass is 35.5. The second-order valence-electron chi connectivity index (χ2n) is 9.83. The molecular weight excluding hydrogens is 624 g/mol. The SMILES string of the molecule is Cl.Cl.Cl.Cl.N[C@@H]1C[C@@H](C(F)(F)F)CN(Cc2ccccc2)C1.N[C@H]1C[C@H](C(F)(F)F)CN(Cc2ccccc2)C1. The molecule has 0 amide bonds. The molecule has 0 spiro atoms. The van der Waals surface area contributed by atoms with Gasteiger partial charge < -0.3 is 11.5 Å². The van der Waals surface area contributed by atoms with Gasteiger partial charge >= 0.3 is 12.4 Å². The zero-order valence-corrected chi connectivity index (χ0v) is 25.0. The van der Waals surface area contributed by atoms with Crippen molar-refractivity contribution in [1.29, 1.82) is 0 Å². The predicted octanol–water partition coefficient (Wildman–Crippen LogP) is 6.48. The first-order chi connectivity index (χ1) is 16.9. The molecule has 4 rings (SSSR count). The maximum atomic E-state index is 12.7. The molecule has 2 heterocycles. The fourth-order valence-corrected chi connectivity index (χ4v) is 4.88. The third-order valence-corrected chi connectivity index (χ3v) is 6.54. The molecular formula is C26H38Cl4F6N4. The van der Waals surface area contributed by atoms with E-state index in [0.29, 0.717) is 26.2 Å². The van der Waals surface area contributed by atoms with E-state index in [0.717, 1.165) is 11.1 Å². The maximum absolute atomic E-state index is 12.7. The van der Waals surface area contributed by atoms with Gasteiger partial charge in [-0.05, 0) is 24.0 Å². The lowest BCUT2D eigenvalue weighted by Crippen LogP contribution is -2.50. The number of hydrogen-bond donors (Lipinski definition) is 2. The van der Waals surface area contributed by atoms with Crippen molar-refractivity contribution in [3.05, 3.63) is 71.8 Å².